The van der Waals surface area contributed by atoms with Crippen LogP contribution in [0.4, 0.5) is 13.2 Å². The molecule has 10 heteroatoms. The number of amides is 1. The molecule has 1 N–H and O–H groups in total. The average Bonchev–Trinajstić information content (AvgIpc) is 3.21. The van der Waals surface area contributed by atoms with Gasteiger partial charge in [0.25, 0.3) is 5.91 Å². The van der Waals surface area contributed by atoms with Crippen LogP contribution in [0.15, 0.2) is 48.5 Å². The molecule has 3 aromatic rings. The fourth-order valence-electron chi connectivity index (χ4n) is 4.38. The van der Waals surface area contributed by atoms with Gasteiger partial charge in [-0.1, -0.05) is 24.3 Å². The Bertz CT molecular complexity index is 1370. The molecule has 1 unspecified atom stereocenters. The van der Waals surface area contributed by atoms with E-state index in [0.29, 0.717) is 47.6 Å². The number of nitriles is 1. The van der Waals surface area contributed by atoms with Crippen molar-refractivity contribution in [1.29, 1.82) is 5.26 Å². The van der Waals surface area contributed by atoms with Crippen LogP contribution < -0.4 is 10.1 Å². The summed E-state index contributed by atoms with van der Waals surface area (Å²) in [5.74, 6) is -0.757. The molecule has 0 saturated heterocycles. The topological polar surface area (TPSA) is 93.4 Å². The molecule has 37 heavy (non-hydrogen) atoms. The number of halogens is 3. The lowest BCUT2D eigenvalue weighted by Crippen LogP contribution is -2.30. The Morgan fingerprint density at radius 3 is 2.59 bits per heavy atom. The van der Waals surface area contributed by atoms with Gasteiger partial charge < -0.3 is 19.4 Å². The van der Waals surface area contributed by atoms with E-state index in [-0.39, 0.29) is 17.8 Å². The number of hydrogen-bond acceptors (Lipinski definition) is 5. The van der Waals surface area contributed by atoms with Crippen molar-refractivity contribution in [3.05, 3.63) is 87.7 Å². The van der Waals surface area contributed by atoms with Gasteiger partial charge in [0, 0.05) is 6.54 Å². The first-order valence-electron chi connectivity index (χ1n) is 11.6. The zero-order chi connectivity index (χ0) is 26.7. The van der Waals surface area contributed by atoms with Crippen molar-refractivity contribution in [3.63, 3.8) is 0 Å². The number of ether oxygens (including phenoxy) is 2. The minimum atomic E-state index is -4.51. The standard InChI is InChI=1S/C27H24F3N3O4/c1-16(18-8-10-19(11-9-18)26(35)36-2)32-25(34)23-21(14-31)24-22(7-4-12-37-24)33(23)15-17-5-3-6-20(13-17)27(28,29)30/h3,5-6,8-11,13,16H,4,7,12,15H2,1-2H3,(H,32,34). The summed E-state index contributed by atoms with van der Waals surface area (Å²) in [6.45, 7) is 2.08. The monoisotopic (exact) mass is 511 g/mol. The molecule has 192 valence electrons. The second-order valence-corrected chi connectivity index (χ2v) is 8.66. The molecule has 0 fully saturated rings. The minimum absolute atomic E-state index is 0.0323. The van der Waals surface area contributed by atoms with E-state index in [1.54, 1.807) is 41.8 Å². The fraction of sp³-hybridized carbons (Fsp3) is 0.296. The molecule has 0 radical (unpaired) electrons. The number of nitrogens with one attached hydrogen (secondary N) is 1. The Morgan fingerprint density at radius 1 is 1.22 bits per heavy atom. The Morgan fingerprint density at radius 2 is 1.95 bits per heavy atom. The largest absolute Gasteiger partial charge is 0.490 e. The van der Waals surface area contributed by atoms with Crippen LogP contribution in [0.2, 0.25) is 0 Å². The summed E-state index contributed by atoms with van der Waals surface area (Å²) in [4.78, 5) is 25.2. The zero-order valence-corrected chi connectivity index (χ0v) is 20.2. The molecular weight excluding hydrogens is 487 g/mol. The van der Waals surface area contributed by atoms with Gasteiger partial charge in [-0.3, -0.25) is 4.79 Å². The maximum Gasteiger partial charge on any atom is 0.416 e. The van der Waals surface area contributed by atoms with Crippen molar-refractivity contribution in [3.8, 4) is 11.8 Å². The van der Waals surface area contributed by atoms with Crippen molar-refractivity contribution < 1.29 is 32.2 Å². The van der Waals surface area contributed by atoms with E-state index < -0.39 is 29.7 Å². The highest BCUT2D eigenvalue weighted by Crippen LogP contribution is 2.36. The van der Waals surface area contributed by atoms with Gasteiger partial charge in [-0.15, -0.1) is 0 Å². The molecule has 1 aromatic heterocycles. The number of fused-ring (bicyclic) bond motifs is 1. The molecule has 1 atom stereocenters. The van der Waals surface area contributed by atoms with Gasteiger partial charge in [-0.05, 0) is 55.2 Å². The summed E-state index contributed by atoms with van der Waals surface area (Å²) < 4.78 is 51.8. The molecule has 7 nitrogen and oxygen atoms in total. The summed E-state index contributed by atoms with van der Waals surface area (Å²) in [6.07, 6.45) is -3.35. The molecule has 0 spiro atoms. The van der Waals surface area contributed by atoms with Gasteiger partial charge in [0.15, 0.2) is 5.75 Å². The second-order valence-electron chi connectivity index (χ2n) is 8.66. The molecule has 0 aliphatic carbocycles. The lowest BCUT2D eigenvalue weighted by molar-refractivity contribution is -0.137. The molecule has 1 aliphatic heterocycles. The lowest BCUT2D eigenvalue weighted by Gasteiger charge is -2.19. The highest BCUT2D eigenvalue weighted by atomic mass is 19.4. The molecule has 1 amide bonds. The maximum absolute atomic E-state index is 13.5. The number of carbonyl (C=O) groups excluding carboxylic acids is 2. The molecule has 4 rings (SSSR count). The molecule has 0 saturated carbocycles. The number of hydrogen-bond donors (Lipinski definition) is 1. The molecule has 2 heterocycles. The van der Waals surface area contributed by atoms with Crippen LogP contribution in [0.5, 0.6) is 5.75 Å². The van der Waals surface area contributed by atoms with Crippen LogP contribution in [-0.4, -0.2) is 30.2 Å². The first kappa shape index (κ1) is 25.8. The van der Waals surface area contributed by atoms with E-state index in [2.05, 4.69) is 5.32 Å². The number of aromatic nitrogens is 1. The van der Waals surface area contributed by atoms with Crippen LogP contribution in [0.3, 0.4) is 0 Å². The van der Waals surface area contributed by atoms with E-state index in [1.807, 2.05) is 6.07 Å². The minimum Gasteiger partial charge on any atom is -0.490 e. The van der Waals surface area contributed by atoms with Crippen molar-refractivity contribution in [2.24, 2.45) is 0 Å². The third kappa shape index (κ3) is 5.31. The van der Waals surface area contributed by atoms with Gasteiger partial charge in [0.1, 0.15) is 17.3 Å². The van der Waals surface area contributed by atoms with E-state index >= 15 is 0 Å². The summed E-state index contributed by atoms with van der Waals surface area (Å²) in [7, 11) is 1.28. The van der Waals surface area contributed by atoms with Crippen molar-refractivity contribution in [2.45, 2.75) is 38.5 Å². The van der Waals surface area contributed by atoms with Crippen molar-refractivity contribution in [1.82, 2.24) is 9.88 Å². The van der Waals surface area contributed by atoms with Crippen molar-refractivity contribution in [2.75, 3.05) is 13.7 Å². The summed E-state index contributed by atoms with van der Waals surface area (Å²) in [5.41, 5.74) is 1.28. The highest BCUT2D eigenvalue weighted by molar-refractivity contribution is 5.97. The van der Waals surface area contributed by atoms with Crippen molar-refractivity contribution >= 4 is 11.9 Å². The maximum atomic E-state index is 13.5. The third-order valence-electron chi connectivity index (χ3n) is 6.23. The van der Waals surface area contributed by atoms with Crippen LogP contribution in [0.1, 0.15) is 68.2 Å². The van der Waals surface area contributed by atoms with Gasteiger partial charge in [0.2, 0.25) is 0 Å². The molecule has 0 bridgehead atoms. The first-order chi connectivity index (χ1) is 17.6. The summed E-state index contributed by atoms with van der Waals surface area (Å²) >= 11 is 0. The van der Waals surface area contributed by atoms with E-state index in [0.717, 1.165) is 12.1 Å². The van der Waals surface area contributed by atoms with Crippen LogP contribution >= 0.6 is 0 Å². The smallest absolute Gasteiger partial charge is 0.416 e. The number of alkyl halides is 3. The van der Waals surface area contributed by atoms with Gasteiger partial charge in [-0.25, -0.2) is 4.79 Å². The predicted octanol–water partition coefficient (Wildman–Crippen LogP) is 5.03. The summed E-state index contributed by atoms with van der Waals surface area (Å²) in [6, 6.07) is 12.9. The molecule has 2 aromatic carbocycles. The quantitative estimate of drug-likeness (QED) is 0.469. The van der Waals surface area contributed by atoms with Gasteiger partial charge in [0.05, 0.1) is 36.6 Å². The second kappa shape index (κ2) is 10.4. The van der Waals surface area contributed by atoms with Crippen LogP contribution in [-0.2, 0) is 23.9 Å². The number of esters is 1. The summed E-state index contributed by atoms with van der Waals surface area (Å²) in [5, 5.41) is 12.8. The van der Waals surface area contributed by atoms with E-state index in [9.17, 15) is 28.0 Å². The molecule has 1 aliphatic rings. The van der Waals surface area contributed by atoms with Gasteiger partial charge in [-0.2, -0.15) is 18.4 Å². The van der Waals surface area contributed by atoms with Crippen LogP contribution in [0, 0.1) is 11.3 Å². The Balaban J connectivity index is 1.68. The normalized spacial score (nSPS) is 13.6. The number of benzene rings is 2. The predicted molar refractivity (Wildman–Crippen MR) is 127 cm³/mol. The Hall–Kier alpha value is -4.26. The van der Waals surface area contributed by atoms with Crippen LogP contribution in [0.25, 0.3) is 0 Å². The zero-order valence-electron chi connectivity index (χ0n) is 20.2. The number of rotatable bonds is 6. The highest BCUT2D eigenvalue weighted by Gasteiger charge is 2.33. The third-order valence-corrected chi connectivity index (χ3v) is 6.23. The lowest BCUT2D eigenvalue weighted by atomic mass is 10.1. The SMILES string of the molecule is COC(=O)c1ccc(C(C)NC(=O)c2c(C#N)c3c(n2Cc2cccc(C(F)(F)F)c2)CCCO3)cc1. The fourth-order valence-corrected chi connectivity index (χ4v) is 4.38. The number of nitrogens with zero attached hydrogens (tertiary/aromatic N) is 2. The van der Waals surface area contributed by atoms with E-state index in [1.165, 1.54) is 13.2 Å². The molecular formula is C27H24F3N3O4. The Labute approximate surface area is 211 Å². The van der Waals surface area contributed by atoms with E-state index in [4.69, 9.17) is 9.47 Å². The number of methoxy groups -OCH3 is 1. The first-order valence-corrected chi connectivity index (χ1v) is 11.6. The average molecular weight is 512 g/mol. The van der Waals surface area contributed by atoms with Gasteiger partial charge >= 0.3 is 12.1 Å². The Kier molecular flexibility index (Phi) is 7.25. The number of carbonyl (C=O) groups is 2.